The van der Waals surface area contributed by atoms with E-state index in [2.05, 4.69) is 10.4 Å². The second-order valence-corrected chi connectivity index (χ2v) is 5.77. The van der Waals surface area contributed by atoms with E-state index in [-0.39, 0.29) is 5.91 Å². The second-order valence-electron chi connectivity index (χ2n) is 5.77. The monoisotopic (exact) mass is 285 g/mol. The Bertz CT molecular complexity index is 614. The molecule has 2 rings (SSSR count). The first-order chi connectivity index (χ1) is 9.99. The molecule has 0 aliphatic heterocycles. The molecule has 1 aromatic carbocycles. The summed E-state index contributed by atoms with van der Waals surface area (Å²) in [5.41, 5.74) is 4.17. The number of carbonyl (C=O) groups is 1. The van der Waals surface area contributed by atoms with Crippen LogP contribution in [0.25, 0.3) is 5.69 Å². The minimum absolute atomic E-state index is 0.0938. The number of aryl methyl sites for hydroxylation is 1. The SMILES string of the molecule is Cc1nn(-c2ccccc2)c(C)c1CNC(=O)CC(C)C. The minimum atomic E-state index is 0.0938. The van der Waals surface area contributed by atoms with Crippen molar-refractivity contribution in [2.45, 2.75) is 40.7 Å². The maximum absolute atomic E-state index is 11.8. The maximum Gasteiger partial charge on any atom is 0.220 e. The fourth-order valence-electron chi connectivity index (χ4n) is 2.38. The highest BCUT2D eigenvalue weighted by atomic mass is 16.1. The average Bonchev–Trinajstić information content (AvgIpc) is 2.72. The zero-order valence-electron chi connectivity index (χ0n) is 13.2. The van der Waals surface area contributed by atoms with Crippen LogP contribution in [-0.2, 0) is 11.3 Å². The number of nitrogens with one attached hydrogen (secondary N) is 1. The fourth-order valence-corrected chi connectivity index (χ4v) is 2.38. The van der Waals surface area contributed by atoms with E-state index in [1.807, 2.05) is 62.7 Å². The third-order valence-corrected chi connectivity index (χ3v) is 3.50. The van der Waals surface area contributed by atoms with Crippen LogP contribution in [0.15, 0.2) is 30.3 Å². The summed E-state index contributed by atoms with van der Waals surface area (Å²) in [5, 5.41) is 7.57. The molecule has 1 N–H and O–H groups in total. The molecular formula is C17H23N3O. The Labute approximate surface area is 126 Å². The van der Waals surface area contributed by atoms with Gasteiger partial charge in [0, 0.05) is 24.2 Å². The van der Waals surface area contributed by atoms with Gasteiger partial charge in [0.05, 0.1) is 11.4 Å². The number of aromatic nitrogens is 2. The van der Waals surface area contributed by atoms with Gasteiger partial charge in [-0.3, -0.25) is 4.79 Å². The zero-order valence-corrected chi connectivity index (χ0v) is 13.2. The third-order valence-electron chi connectivity index (χ3n) is 3.50. The van der Waals surface area contributed by atoms with E-state index in [1.165, 1.54) is 0 Å². The van der Waals surface area contributed by atoms with Gasteiger partial charge in [0.15, 0.2) is 0 Å². The zero-order chi connectivity index (χ0) is 15.4. The van der Waals surface area contributed by atoms with Gasteiger partial charge in [-0.15, -0.1) is 0 Å². The lowest BCUT2D eigenvalue weighted by atomic mass is 10.1. The van der Waals surface area contributed by atoms with Crippen LogP contribution in [0.5, 0.6) is 0 Å². The van der Waals surface area contributed by atoms with Gasteiger partial charge in [-0.25, -0.2) is 4.68 Å². The minimum Gasteiger partial charge on any atom is -0.352 e. The number of hydrogen-bond donors (Lipinski definition) is 1. The predicted octanol–water partition coefficient (Wildman–Crippen LogP) is 3.15. The lowest BCUT2D eigenvalue weighted by Gasteiger charge is -2.08. The van der Waals surface area contributed by atoms with Gasteiger partial charge >= 0.3 is 0 Å². The summed E-state index contributed by atoms with van der Waals surface area (Å²) >= 11 is 0. The first-order valence-electron chi connectivity index (χ1n) is 7.36. The molecule has 0 bridgehead atoms. The molecule has 2 aromatic rings. The molecule has 21 heavy (non-hydrogen) atoms. The highest BCUT2D eigenvalue weighted by molar-refractivity contribution is 5.76. The van der Waals surface area contributed by atoms with Gasteiger partial charge in [0.2, 0.25) is 5.91 Å². The Hall–Kier alpha value is -2.10. The van der Waals surface area contributed by atoms with Gasteiger partial charge in [0.25, 0.3) is 0 Å². The van der Waals surface area contributed by atoms with Crippen LogP contribution in [0.1, 0.15) is 37.2 Å². The normalized spacial score (nSPS) is 10.9. The molecule has 0 unspecified atom stereocenters. The van der Waals surface area contributed by atoms with Crippen LogP contribution in [0.3, 0.4) is 0 Å². The van der Waals surface area contributed by atoms with Crippen molar-refractivity contribution in [3.63, 3.8) is 0 Å². The van der Waals surface area contributed by atoms with Crippen LogP contribution in [0, 0.1) is 19.8 Å². The fraction of sp³-hybridized carbons (Fsp3) is 0.412. The van der Waals surface area contributed by atoms with Crippen molar-refractivity contribution < 1.29 is 4.79 Å². The summed E-state index contributed by atoms with van der Waals surface area (Å²) < 4.78 is 1.93. The number of para-hydroxylation sites is 1. The highest BCUT2D eigenvalue weighted by Gasteiger charge is 2.13. The summed E-state index contributed by atoms with van der Waals surface area (Å²) in [6.07, 6.45) is 0.560. The second kappa shape index (κ2) is 6.57. The van der Waals surface area contributed by atoms with Crippen LogP contribution >= 0.6 is 0 Å². The van der Waals surface area contributed by atoms with Gasteiger partial charge in [0.1, 0.15) is 0 Å². The van der Waals surface area contributed by atoms with Crippen molar-refractivity contribution in [3.8, 4) is 5.69 Å². The molecule has 0 saturated carbocycles. The Morgan fingerprint density at radius 3 is 2.52 bits per heavy atom. The molecule has 0 fully saturated rings. The quantitative estimate of drug-likeness (QED) is 0.917. The number of carbonyl (C=O) groups excluding carboxylic acids is 1. The molecule has 0 radical (unpaired) electrons. The number of amides is 1. The van der Waals surface area contributed by atoms with Crippen molar-refractivity contribution in [3.05, 3.63) is 47.3 Å². The lowest BCUT2D eigenvalue weighted by molar-refractivity contribution is -0.121. The van der Waals surface area contributed by atoms with Crippen LogP contribution in [0.4, 0.5) is 0 Å². The lowest BCUT2D eigenvalue weighted by Crippen LogP contribution is -2.24. The summed E-state index contributed by atoms with van der Waals surface area (Å²) in [5.74, 6) is 0.468. The molecule has 0 aliphatic rings. The van der Waals surface area contributed by atoms with Crippen molar-refractivity contribution in [1.29, 1.82) is 0 Å². The summed E-state index contributed by atoms with van der Waals surface area (Å²) in [6.45, 7) is 8.65. The van der Waals surface area contributed by atoms with E-state index in [1.54, 1.807) is 0 Å². The van der Waals surface area contributed by atoms with E-state index in [0.29, 0.717) is 18.9 Å². The highest BCUT2D eigenvalue weighted by Crippen LogP contribution is 2.17. The largest absolute Gasteiger partial charge is 0.352 e. The molecule has 1 aromatic heterocycles. The Balaban J connectivity index is 2.15. The molecule has 0 aliphatic carbocycles. The molecule has 0 spiro atoms. The molecule has 112 valence electrons. The topological polar surface area (TPSA) is 46.9 Å². The Kier molecular flexibility index (Phi) is 4.78. The van der Waals surface area contributed by atoms with Gasteiger partial charge < -0.3 is 5.32 Å². The van der Waals surface area contributed by atoms with Crippen molar-refractivity contribution in [2.75, 3.05) is 0 Å². The Morgan fingerprint density at radius 2 is 1.90 bits per heavy atom. The van der Waals surface area contributed by atoms with Gasteiger partial charge in [-0.1, -0.05) is 32.0 Å². The smallest absolute Gasteiger partial charge is 0.220 e. The number of rotatable bonds is 5. The first kappa shape index (κ1) is 15.3. The Morgan fingerprint density at radius 1 is 1.24 bits per heavy atom. The summed E-state index contributed by atoms with van der Waals surface area (Å²) in [4.78, 5) is 11.8. The summed E-state index contributed by atoms with van der Waals surface area (Å²) in [6, 6.07) is 10.0. The number of benzene rings is 1. The molecular weight excluding hydrogens is 262 g/mol. The first-order valence-corrected chi connectivity index (χ1v) is 7.36. The van der Waals surface area contributed by atoms with Crippen LogP contribution in [-0.4, -0.2) is 15.7 Å². The van der Waals surface area contributed by atoms with Crippen molar-refractivity contribution >= 4 is 5.91 Å². The van der Waals surface area contributed by atoms with Crippen molar-refractivity contribution in [1.82, 2.24) is 15.1 Å². The van der Waals surface area contributed by atoms with Gasteiger partial charge in [-0.05, 0) is 31.9 Å². The number of nitrogens with zero attached hydrogens (tertiary/aromatic N) is 2. The predicted molar refractivity (Wildman–Crippen MR) is 84.3 cm³/mol. The molecule has 0 atom stereocenters. The molecule has 4 heteroatoms. The van der Waals surface area contributed by atoms with E-state index in [4.69, 9.17) is 0 Å². The maximum atomic E-state index is 11.8. The third kappa shape index (κ3) is 3.72. The number of hydrogen-bond acceptors (Lipinski definition) is 2. The molecule has 4 nitrogen and oxygen atoms in total. The average molecular weight is 285 g/mol. The van der Waals surface area contributed by atoms with E-state index >= 15 is 0 Å². The standard InChI is InChI=1S/C17H23N3O/c1-12(2)10-17(21)18-11-16-13(3)19-20(14(16)4)15-8-6-5-7-9-15/h5-9,12H,10-11H2,1-4H3,(H,18,21). The van der Waals surface area contributed by atoms with Crippen molar-refractivity contribution in [2.24, 2.45) is 5.92 Å². The van der Waals surface area contributed by atoms with E-state index in [0.717, 1.165) is 22.6 Å². The van der Waals surface area contributed by atoms with Gasteiger partial charge in [-0.2, -0.15) is 5.10 Å². The van der Waals surface area contributed by atoms with Crippen LogP contribution < -0.4 is 5.32 Å². The summed E-state index contributed by atoms with van der Waals surface area (Å²) in [7, 11) is 0. The molecule has 1 heterocycles. The van der Waals surface area contributed by atoms with E-state index in [9.17, 15) is 4.79 Å². The van der Waals surface area contributed by atoms with Crippen LogP contribution in [0.2, 0.25) is 0 Å². The molecule has 0 saturated heterocycles. The van der Waals surface area contributed by atoms with E-state index < -0.39 is 0 Å². The molecule has 1 amide bonds.